The predicted octanol–water partition coefficient (Wildman–Crippen LogP) is 1.98. The molecular formula is C12H19NO2S. The molecule has 16 heavy (non-hydrogen) atoms. The second-order valence-corrected chi connectivity index (χ2v) is 5.30. The van der Waals surface area contributed by atoms with Gasteiger partial charge in [-0.15, -0.1) is 11.3 Å². The minimum Gasteiger partial charge on any atom is -0.396 e. The van der Waals surface area contributed by atoms with Crippen molar-refractivity contribution in [3.63, 3.8) is 0 Å². The summed E-state index contributed by atoms with van der Waals surface area (Å²) in [6.07, 6.45) is 0.961. The first-order chi connectivity index (χ1) is 7.58. The van der Waals surface area contributed by atoms with Crippen LogP contribution in [-0.2, 0) is 6.42 Å². The van der Waals surface area contributed by atoms with E-state index in [1.807, 2.05) is 19.9 Å². The summed E-state index contributed by atoms with van der Waals surface area (Å²) in [6.45, 7) is 6.65. The third-order valence-electron chi connectivity index (χ3n) is 2.55. The van der Waals surface area contributed by atoms with Gasteiger partial charge in [-0.3, -0.25) is 4.79 Å². The molecule has 1 atom stereocenters. The summed E-state index contributed by atoms with van der Waals surface area (Å²) in [5, 5.41) is 11.7. The van der Waals surface area contributed by atoms with Gasteiger partial charge in [0.2, 0.25) is 0 Å². The zero-order chi connectivity index (χ0) is 12.1. The van der Waals surface area contributed by atoms with E-state index in [-0.39, 0.29) is 18.4 Å². The van der Waals surface area contributed by atoms with E-state index in [0.29, 0.717) is 6.54 Å². The molecule has 1 unspecified atom stereocenters. The normalized spacial score (nSPS) is 12.5. The second kappa shape index (κ2) is 6.01. The van der Waals surface area contributed by atoms with E-state index >= 15 is 0 Å². The number of nitrogens with one attached hydrogen (secondary N) is 1. The number of aryl methyl sites for hydroxylation is 2. The van der Waals surface area contributed by atoms with Gasteiger partial charge in [-0.05, 0) is 30.9 Å². The van der Waals surface area contributed by atoms with Crippen LogP contribution in [0.25, 0.3) is 0 Å². The topological polar surface area (TPSA) is 49.3 Å². The smallest absolute Gasteiger partial charge is 0.261 e. The average Bonchev–Trinajstić information content (AvgIpc) is 2.66. The van der Waals surface area contributed by atoms with Crippen LogP contribution in [0, 0.1) is 12.8 Å². The minimum absolute atomic E-state index is 0.0342. The maximum absolute atomic E-state index is 11.8. The highest BCUT2D eigenvalue weighted by Crippen LogP contribution is 2.21. The number of aliphatic hydroxyl groups is 1. The van der Waals surface area contributed by atoms with Crippen LogP contribution < -0.4 is 5.32 Å². The van der Waals surface area contributed by atoms with Gasteiger partial charge in [0.15, 0.2) is 0 Å². The fourth-order valence-electron chi connectivity index (χ4n) is 1.40. The highest BCUT2D eigenvalue weighted by atomic mass is 32.1. The van der Waals surface area contributed by atoms with E-state index in [4.69, 9.17) is 5.11 Å². The molecule has 0 aliphatic heterocycles. The number of thiophene rings is 1. The Balaban J connectivity index is 2.59. The second-order valence-electron chi connectivity index (χ2n) is 4.04. The Morgan fingerprint density at radius 2 is 2.31 bits per heavy atom. The quantitative estimate of drug-likeness (QED) is 0.828. The number of carbonyl (C=O) groups is 1. The number of amides is 1. The summed E-state index contributed by atoms with van der Waals surface area (Å²) in [5.41, 5.74) is 1.24. The van der Waals surface area contributed by atoms with Crippen LogP contribution >= 0.6 is 11.3 Å². The first-order valence-electron chi connectivity index (χ1n) is 5.56. The molecule has 1 rings (SSSR count). The molecule has 0 radical (unpaired) electrons. The molecule has 0 aliphatic rings. The van der Waals surface area contributed by atoms with Crippen LogP contribution in [0.3, 0.4) is 0 Å². The van der Waals surface area contributed by atoms with Gasteiger partial charge < -0.3 is 10.4 Å². The molecule has 90 valence electrons. The molecule has 1 aromatic rings. The number of hydrogen-bond donors (Lipinski definition) is 2. The molecule has 1 heterocycles. The van der Waals surface area contributed by atoms with Crippen LogP contribution in [0.2, 0.25) is 0 Å². The first-order valence-corrected chi connectivity index (χ1v) is 6.38. The van der Waals surface area contributed by atoms with Gasteiger partial charge in [0.25, 0.3) is 5.91 Å². The summed E-state index contributed by atoms with van der Waals surface area (Å²) in [7, 11) is 0. The molecule has 0 spiro atoms. The Kier molecular flexibility index (Phi) is 4.96. The zero-order valence-electron chi connectivity index (χ0n) is 10.0. The molecule has 1 aromatic heterocycles. The van der Waals surface area contributed by atoms with Gasteiger partial charge in [0, 0.05) is 18.0 Å². The van der Waals surface area contributed by atoms with Gasteiger partial charge >= 0.3 is 0 Å². The molecule has 0 saturated carbocycles. The van der Waals surface area contributed by atoms with Gasteiger partial charge in [-0.1, -0.05) is 13.8 Å². The molecular weight excluding hydrogens is 222 g/mol. The fourth-order valence-corrected chi connectivity index (χ4v) is 2.43. The first kappa shape index (κ1) is 13.2. The number of carbonyl (C=O) groups excluding carboxylic acids is 1. The molecule has 4 heteroatoms. The Morgan fingerprint density at radius 3 is 2.81 bits per heavy atom. The predicted molar refractivity (Wildman–Crippen MR) is 67.0 cm³/mol. The standard InChI is InChI=1S/C12H19NO2S/c1-4-10-5-11(16-9(10)3)12(15)13-6-8(2)7-14/h5,8,14H,4,6-7H2,1-3H3,(H,13,15). The van der Waals surface area contributed by atoms with Crippen LogP contribution in [-0.4, -0.2) is 24.2 Å². The van der Waals surface area contributed by atoms with Crippen molar-refractivity contribution >= 4 is 17.2 Å². The lowest BCUT2D eigenvalue weighted by Gasteiger charge is -2.08. The highest BCUT2D eigenvalue weighted by Gasteiger charge is 2.12. The van der Waals surface area contributed by atoms with Crippen LogP contribution in [0.4, 0.5) is 0 Å². The summed E-state index contributed by atoms with van der Waals surface area (Å²) >= 11 is 1.53. The van der Waals surface area contributed by atoms with Crippen LogP contribution in [0.5, 0.6) is 0 Å². The average molecular weight is 241 g/mol. The van der Waals surface area contributed by atoms with E-state index in [2.05, 4.69) is 12.2 Å². The van der Waals surface area contributed by atoms with Crippen LogP contribution in [0.15, 0.2) is 6.07 Å². The van der Waals surface area contributed by atoms with Gasteiger partial charge in [0.05, 0.1) is 4.88 Å². The summed E-state index contributed by atoms with van der Waals surface area (Å²) < 4.78 is 0. The fraction of sp³-hybridized carbons (Fsp3) is 0.583. The monoisotopic (exact) mass is 241 g/mol. The Hall–Kier alpha value is -0.870. The van der Waals surface area contributed by atoms with Gasteiger partial charge in [-0.25, -0.2) is 0 Å². The summed E-state index contributed by atoms with van der Waals surface area (Å²) in [5.74, 6) is 0.0729. The maximum Gasteiger partial charge on any atom is 0.261 e. The summed E-state index contributed by atoms with van der Waals surface area (Å²) in [4.78, 5) is 13.7. The van der Waals surface area contributed by atoms with Crippen molar-refractivity contribution in [2.75, 3.05) is 13.2 Å². The van der Waals surface area contributed by atoms with Gasteiger partial charge in [-0.2, -0.15) is 0 Å². The number of hydrogen-bond acceptors (Lipinski definition) is 3. The molecule has 1 amide bonds. The lowest BCUT2D eigenvalue weighted by molar-refractivity contribution is 0.0946. The van der Waals surface area contributed by atoms with Gasteiger partial charge in [0.1, 0.15) is 0 Å². The minimum atomic E-state index is -0.0342. The zero-order valence-corrected chi connectivity index (χ0v) is 10.9. The lowest BCUT2D eigenvalue weighted by atomic mass is 10.2. The number of rotatable bonds is 5. The van der Waals surface area contributed by atoms with E-state index in [0.717, 1.165) is 11.3 Å². The lowest BCUT2D eigenvalue weighted by Crippen LogP contribution is -2.28. The molecule has 3 nitrogen and oxygen atoms in total. The summed E-state index contributed by atoms with van der Waals surface area (Å²) in [6, 6.07) is 1.96. The largest absolute Gasteiger partial charge is 0.396 e. The Labute approximate surface area is 100 Å². The van der Waals surface area contributed by atoms with E-state index in [1.165, 1.54) is 21.8 Å². The van der Waals surface area contributed by atoms with Crippen molar-refractivity contribution in [3.05, 3.63) is 21.4 Å². The van der Waals surface area contributed by atoms with Crippen molar-refractivity contribution < 1.29 is 9.90 Å². The SMILES string of the molecule is CCc1cc(C(=O)NCC(C)CO)sc1C. The van der Waals surface area contributed by atoms with Crippen molar-refractivity contribution in [2.24, 2.45) is 5.92 Å². The van der Waals surface area contributed by atoms with Crippen molar-refractivity contribution in [2.45, 2.75) is 27.2 Å². The molecule has 0 saturated heterocycles. The van der Waals surface area contributed by atoms with Crippen molar-refractivity contribution in [1.82, 2.24) is 5.32 Å². The van der Waals surface area contributed by atoms with E-state index < -0.39 is 0 Å². The van der Waals surface area contributed by atoms with E-state index in [9.17, 15) is 4.79 Å². The number of aliphatic hydroxyl groups excluding tert-OH is 1. The van der Waals surface area contributed by atoms with Crippen molar-refractivity contribution in [3.8, 4) is 0 Å². The third kappa shape index (κ3) is 3.32. The molecule has 0 fully saturated rings. The highest BCUT2D eigenvalue weighted by molar-refractivity contribution is 7.14. The molecule has 0 bridgehead atoms. The molecule has 0 aliphatic carbocycles. The maximum atomic E-state index is 11.8. The molecule has 2 N–H and O–H groups in total. The van der Waals surface area contributed by atoms with Crippen LogP contribution in [0.1, 0.15) is 34.0 Å². The Bertz CT molecular complexity index is 360. The Morgan fingerprint density at radius 1 is 1.62 bits per heavy atom. The molecule has 0 aromatic carbocycles. The van der Waals surface area contributed by atoms with Crippen molar-refractivity contribution in [1.29, 1.82) is 0 Å². The third-order valence-corrected chi connectivity index (χ3v) is 3.64. The van der Waals surface area contributed by atoms with E-state index in [1.54, 1.807) is 0 Å².